The SMILES string of the molecule is CCCCCCCCC1(CCCCCCCC)c2cc(-c3cc(C)cc(F)c3)ccc2-c2ccc(-c3cc(-c4ccc5c(c4)C(CCCCCCCC)(CCCCCCCC)c4cc(-c6cc(C)cc(C(F)(F)F)c6)ccc4-5)cc(-c4nnc(-c5cc(C)cc(C(F)(F)F)c5)o4)c3)cc21. The van der Waals surface area contributed by atoms with E-state index in [1.54, 1.807) is 32.0 Å². The lowest BCUT2D eigenvalue weighted by Gasteiger charge is -2.34. The van der Waals surface area contributed by atoms with Crippen LogP contribution < -0.4 is 0 Å². The van der Waals surface area contributed by atoms with Crippen LogP contribution in [0.1, 0.15) is 258 Å². The molecular weight excluding hydrogens is 1250 g/mol. The van der Waals surface area contributed by atoms with Crippen LogP contribution in [0.2, 0.25) is 0 Å². The second-order valence-electron chi connectivity index (χ2n) is 29.2. The number of aromatic nitrogens is 2. The van der Waals surface area contributed by atoms with Gasteiger partial charge in [-0.25, -0.2) is 4.39 Å². The van der Waals surface area contributed by atoms with Crippen molar-refractivity contribution in [3.05, 3.63) is 201 Å². The average molecular weight is 1350 g/mol. The van der Waals surface area contributed by atoms with Gasteiger partial charge in [0.15, 0.2) is 0 Å². The summed E-state index contributed by atoms with van der Waals surface area (Å²) in [5, 5.41) is 9.08. The number of benzene rings is 8. The molecule has 0 saturated heterocycles. The van der Waals surface area contributed by atoms with Crippen LogP contribution in [0.25, 0.3) is 89.7 Å². The molecule has 1 aromatic heterocycles. The Kier molecular flexibility index (Phi) is 23.8. The predicted molar refractivity (Wildman–Crippen MR) is 395 cm³/mol. The van der Waals surface area contributed by atoms with E-state index in [9.17, 15) is 26.3 Å². The molecule has 0 atom stereocenters. The maximum Gasteiger partial charge on any atom is 0.416 e. The van der Waals surface area contributed by atoms with Gasteiger partial charge in [-0.1, -0.05) is 242 Å². The van der Waals surface area contributed by atoms with Crippen molar-refractivity contribution < 1.29 is 35.2 Å². The summed E-state index contributed by atoms with van der Waals surface area (Å²) in [6, 6.07) is 46.9. The van der Waals surface area contributed by atoms with Crippen LogP contribution in [0.3, 0.4) is 0 Å². The van der Waals surface area contributed by atoms with Crippen molar-refractivity contribution >= 4 is 0 Å². The molecule has 2 aliphatic carbocycles. The van der Waals surface area contributed by atoms with Crippen LogP contribution in [0, 0.1) is 26.6 Å². The first-order valence-electron chi connectivity index (χ1n) is 37.5. The molecule has 0 radical (unpaired) electrons. The Hall–Kier alpha value is -7.59. The van der Waals surface area contributed by atoms with Crippen molar-refractivity contribution in [3.8, 4) is 89.7 Å². The van der Waals surface area contributed by atoms with E-state index >= 15 is 4.39 Å². The number of unbranched alkanes of at least 4 members (excludes halogenated alkanes) is 20. The van der Waals surface area contributed by atoms with Crippen LogP contribution in [0.5, 0.6) is 0 Å². The van der Waals surface area contributed by atoms with Crippen LogP contribution in [-0.4, -0.2) is 10.2 Å². The van der Waals surface area contributed by atoms with Gasteiger partial charge >= 0.3 is 12.4 Å². The zero-order valence-corrected chi connectivity index (χ0v) is 59.6. The molecule has 3 nitrogen and oxygen atoms in total. The quantitative estimate of drug-likeness (QED) is 0.0298. The van der Waals surface area contributed by atoms with E-state index in [4.69, 9.17) is 4.42 Å². The summed E-state index contributed by atoms with van der Waals surface area (Å²) in [6.07, 6.45) is 22.0. The Morgan fingerprint density at radius 1 is 0.293 bits per heavy atom. The highest BCUT2D eigenvalue weighted by Gasteiger charge is 2.45. The zero-order chi connectivity index (χ0) is 69.9. The van der Waals surface area contributed by atoms with E-state index in [0.29, 0.717) is 22.3 Å². The molecule has 99 heavy (non-hydrogen) atoms. The maximum atomic E-state index is 15.3. The first kappa shape index (κ1) is 72.7. The summed E-state index contributed by atoms with van der Waals surface area (Å²) < 4.78 is 109. The van der Waals surface area contributed by atoms with Crippen molar-refractivity contribution in [2.75, 3.05) is 0 Å². The minimum absolute atomic E-state index is 0.0208. The lowest BCUT2D eigenvalue weighted by atomic mass is 9.69. The van der Waals surface area contributed by atoms with Gasteiger partial charge in [-0.05, 0) is 237 Å². The molecule has 0 saturated carbocycles. The first-order valence-corrected chi connectivity index (χ1v) is 37.5. The Morgan fingerprint density at radius 2 is 0.566 bits per heavy atom. The Bertz CT molecular complexity index is 4170. The number of alkyl halides is 6. The highest BCUT2D eigenvalue weighted by molar-refractivity contribution is 5.90. The molecule has 11 rings (SSSR count). The second-order valence-corrected chi connectivity index (χ2v) is 29.2. The first-order chi connectivity index (χ1) is 47.7. The van der Waals surface area contributed by atoms with Gasteiger partial charge in [-0.3, -0.25) is 0 Å². The van der Waals surface area contributed by atoms with E-state index in [0.717, 1.165) is 171 Å². The molecule has 0 N–H and O–H groups in total. The molecule has 0 aliphatic heterocycles. The highest BCUT2D eigenvalue weighted by Crippen LogP contribution is 2.58. The van der Waals surface area contributed by atoms with Gasteiger partial charge in [0.2, 0.25) is 11.8 Å². The lowest BCUT2D eigenvalue weighted by Crippen LogP contribution is -2.25. The van der Waals surface area contributed by atoms with Gasteiger partial charge < -0.3 is 4.42 Å². The number of aryl methyl sites for hydroxylation is 3. The van der Waals surface area contributed by atoms with E-state index in [1.807, 2.05) is 19.1 Å². The smallest absolute Gasteiger partial charge is 0.416 e. The van der Waals surface area contributed by atoms with Crippen molar-refractivity contribution in [3.63, 3.8) is 0 Å². The summed E-state index contributed by atoms with van der Waals surface area (Å²) in [6.45, 7) is 14.3. The molecule has 0 bridgehead atoms. The van der Waals surface area contributed by atoms with Crippen LogP contribution in [0.15, 0.2) is 150 Å². The fourth-order valence-corrected chi connectivity index (χ4v) is 16.5. The molecule has 0 spiro atoms. The van der Waals surface area contributed by atoms with E-state index in [1.165, 1.54) is 123 Å². The monoisotopic (exact) mass is 1350 g/mol. The number of hydrogen-bond acceptors (Lipinski definition) is 3. The summed E-state index contributed by atoms with van der Waals surface area (Å²) in [5.74, 6) is -0.101. The molecule has 522 valence electrons. The number of rotatable bonds is 34. The van der Waals surface area contributed by atoms with Crippen molar-refractivity contribution in [2.24, 2.45) is 0 Å². The number of fused-ring (bicyclic) bond motifs is 6. The molecule has 8 aromatic carbocycles. The summed E-state index contributed by atoms with van der Waals surface area (Å²) >= 11 is 0. The minimum Gasteiger partial charge on any atom is -0.416 e. The number of halogens is 7. The minimum atomic E-state index is -4.59. The van der Waals surface area contributed by atoms with Crippen molar-refractivity contribution in [2.45, 2.75) is 251 Å². The van der Waals surface area contributed by atoms with E-state index in [-0.39, 0.29) is 28.6 Å². The second kappa shape index (κ2) is 32.4. The molecule has 0 unspecified atom stereocenters. The summed E-state index contributed by atoms with van der Waals surface area (Å²) in [7, 11) is 0. The largest absolute Gasteiger partial charge is 0.416 e. The van der Waals surface area contributed by atoms with Gasteiger partial charge in [0.25, 0.3) is 0 Å². The molecule has 0 amide bonds. The third-order valence-corrected chi connectivity index (χ3v) is 21.6. The molecule has 1 heterocycles. The Balaban J connectivity index is 1.09. The number of hydrogen-bond donors (Lipinski definition) is 0. The van der Waals surface area contributed by atoms with Gasteiger partial charge in [0.05, 0.1) is 11.1 Å². The van der Waals surface area contributed by atoms with Gasteiger partial charge in [-0.15, -0.1) is 10.2 Å². The summed E-state index contributed by atoms with van der Waals surface area (Å²) in [4.78, 5) is 0. The van der Waals surface area contributed by atoms with Crippen molar-refractivity contribution in [1.29, 1.82) is 0 Å². The van der Waals surface area contributed by atoms with Crippen molar-refractivity contribution in [1.82, 2.24) is 10.2 Å². The molecule has 9 aromatic rings. The fourth-order valence-electron chi connectivity index (χ4n) is 16.5. The molecule has 10 heteroatoms. The van der Waals surface area contributed by atoms with E-state index in [2.05, 4.69) is 129 Å². The Morgan fingerprint density at radius 3 is 0.899 bits per heavy atom. The highest BCUT2D eigenvalue weighted by atomic mass is 19.4. The van der Waals surface area contributed by atoms with Gasteiger partial charge in [0, 0.05) is 22.0 Å². The number of nitrogens with zero attached hydrogens (tertiary/aromatic N) is 2. The topological polar surface area (TPSA) is 38.9 Å². The third kappa shape index (κ3) is 16.7. The summed E-state index contributed by atoms with van der Waals surface area (Å²) in [5.41, 5.74) is 17.0. The lowest BCUT2D eigenvalue weighted by molar-refractivity contribution is -0.138. The Labute approximate surface area is 584 Å². The standard InChI is InChI=1S/C89H101F7N2O/c1-8-12-16-20-24-28-40-86(41-29-25-21-17-13-9-2)80-56-63(67-44-60(5)47-73(53-67)88(91,92)93)32-36-76(80)78-38-34-65(58-82(78)86)69-50-70(52-72(51-69)85-98-97-84(99-85)71-46-61(6)48-74(54-71)89(94,95)96)66-35-39-79-77-37-33-64(68-45-62(7)49-75(90)55-68)57-81(77)87(83(79)59-66,42-30-26-22-18-14-10-3)43-31-27-23-19-15-11-4/h32-39,44-59H,8-31,40-43H2,1-7H3. The van der Waals surface area contributed by atoms with E-state index < -0.39 is 28.9 Å². The molecule has 0 fully saturated rings. The van der Waals surface area contributed by atoms with Crippen LogP contribution in [0.4, 0.5) is 30.7 Å². The molecule has 2 aliphatic rings. The zero-order valence-electron chi connectivity index (χ0n) is 59.6. The van der Waals surface area contributed by atoms with Crippen LogP contribution in [-0.2, 0) is 23.2 Å². The normalized spacial score (nSPS) is 13.6. The van der Waals surface area contributed by atoms with Crippen LogP contribution >= 0.6 is 0 Å². The maximum absolute atomic E-state index is 15.3. The molecular formula is C89H101F7N2O. The predicted octanol–water partition coefficient (Wildman–Crippen LogP) is 28.7. The third-order valence-electron chi connectivity index (χ3n) is 21.6. The fraction of sp³-hybridized carbons (Fsp3) is 0.438. The van der Waals surface area contributed by atoms with Gasteiger partial charge in [0.1, 0.15) is 5.82 Å². The van der Waals surface area contributed by atoms with Gasteiger partial charge in [-0.2, -0.15) is 26.3 Å². The average Bonchev–Trinajstić information content (AvgIpc) is 1.57.